The molecular weight excluding hydrogens is 1330 g/mol. The molecule has 30 rings (SSSR count). The minimum atomic E-state index is -2.38. The molecule has 30 heterocycles. The van der Waals surface area contributed by atoms with E-state index < -0.39 is 323 Å². The summed E-state index contributed by atoms with van der Waals surface area (Å²) in [5.74, 6) is -2.90. The van der Waals surface area contributed by atoms with Gasteiger partial charge < -0.3 is 214 Å². The molecule has 0 aromatic rings. The maximum absolute atomic E-state index is 12.7. The molecule has 0 aromatic heterocycles. The van der Waals surface area contributed by atoms with Crippen LogP contribution in [-0.4, -0.2) is 428 Å². The number of aliphatic hydroxyl groups is 23. The van der Waals surface area contributed by atoms with Crippen molar-refractivity contribution in [1.82, 2.24) is 6.15 Å². The fourth-order valence-electron chi connectivity index (χ4n) is 12.3. The first-order valence-electron chi connectivity index (χ1n) is 30.1. The SMILES string of the molecule is O=C([O-])CCC(=O)OC[C@H]1O[C@@H]2O[C@H]3[C@H](O)[C@@H](O)[C@@H](O[C@H]4[C@H](O)[C@@H](O)[C@@H](O[C@H]5[C@H](O)[C@@H](O)[C@@H](O[C@H]6[C@H](O)[C@H](O)[C@@H](O[C@H]7[C@H](O)[C@@H](O)[C@@H](O[C@H]8[C@H](O)[C@@H](O)[C@@H](O[C@H]9[C@H](O)[C@@H](O)[C@@H](O[C@H]1[C@H](O)[C@H]2O)O[C@@H]9CO)O[C@@H]8CO)O[C@@H]7CO)O[C@@H]6CO)O[C@@H]5CO)O[C@@H]4CO)O[C@@H]3CO.[NH4+]. The van der Waals surface area contributed by atoms with Gasteiger partial charge in [-0.15, -0.1) is 0 Å². The summed E-state index contributed by atoms with van der Waals surface area (Å²) in [5.41, 5.74) is 0. The van der Waals surface area contributed by atoms with Gasteiger partial charge in [0, 0.05) is 5.97 Å². The van der Waals surface area contributed by atoms with Gasteiger partial charge in [-0.2, -0.15) is 0 Å². The smallest absolute Gasteiger partial charge is 0.306 e. The van der Waals surface area contributed by atoms with Gasteiger partial charge in [0.1, 0.15) is 202 Å². The van der Waals surface area contributed by atoms with E-state index in [0.717, 1.165) is 0 Å². The van der Waals surface area contributed by atoms with Crippen molar-refractivity contribution in [3.05, 3.63) is 0 Å². The molecule has 0 aliphatic carbocycles. The number of aliphatic carboxylic acids is 1. The lowest BCUT2D eigenvalue weighted by atomic mass is 9.94. The van der Waals surface area contributed by atoms with E-state index in [1.807, 2.05) is 0 Å². The van der Waals surface area contributed by atoms with E-state index in [1.54, 1.807) is 0 Å². The topological polar surface area (TPSA) is 716 Å². The van der Waals surface area contributed by atoms with E-state index in [1.165, 1.54) is 0 Å². The van der Waals surface area contributed by atoms with Gasteiger partial charge in [-0.1, -0.05) is 0 Å². The van der Waals surface area contributed by atoms with E-state index in [0.29, 0.717) is 0 Å². The number of quaternary nitrogens is 1. The maximum atomic E-state index is 12.7. The Bertz CT molecular complexity index is 2400. The van der Waals surface area contributed by atoms with Gasteiger partial charge in [-0.05, 0) is 6.42 Å². The molecule has 44 nitrogen and oxygen atoms in total. The van der Waals surface area contributed by atoms with E-state index in [2.05, 4.69) is 0 Å². The normalized spacial score (nSPS) is 51.5. The summed E-state index contributed by atoms with van der Waals surface area (Å²) in [6.45, 7) is -8.90. The van der Waals surface area contributed by atoms with Crippen LogP contribution < -0.4 is 11.3 Å². The highest BCUT2D eigenvalue weighted by molar-refractivity contribution is 5.75. The fourth-order valence-corrected chi connectivity index (χ4v) is 12.3. The molecule has 558 valence electrons. The molecule has 0 aromatic carbocycles. The molecule has 0 spiro atoms. The molecule has 27 N–H and O–H groups in total. The number of rotatable bonds is 12. The van der Waals surface area contributed by atoms with Gasteiger partial charge in [0.05, 0.1) is 52.7 Å². The predicted molar refractivity (Wildman–Crippen MR) is 285 cm³/mol. The van der Waals surface area contributed by atoms with Crippen LogP contribution in [0.15, 0.2) is 0 Å². The van der Waals surface area contributed by atoms with Crippen LogP contribution in [0.5, 0.6) is 0 Å². The highest BCUT2D eigenvalue weighted by Crippen LogP contribution is 2.40. The number of hydrogen-bond donors (Lipinski definition) is 24. The van der Waals surface area contributed by atoms with Crippen LogP contribution in [0.2, 0.25) is 0 Å². The molecule has 44 heteroatoms. The third kappa shape index (κ3) is 16.4. The number of carbonyl (C=O) groups is 2. The van der Waals surface area contributed by atoms with Crippen LogP contribution in [-0.2, 0) is 90.1 Å². The van der Waals surface area contributed by atoms with Crippen molar-refractivity contribution in [2.75, 3.05) is 52.9 Å². The standard InChI is InChI=1S/C52H84O43.H3N/c53-3-11-37-21(63)29(71)45(80-11)89-38-12(4-54)82-47(31(73)23(38)65)91-40-14(6-56)84-49(33(75)25(40)67)93-42-16(8-58)86-51(35(77)27(42)69)95-44-18(10-79-20(62)2-1-19(60)61)87-52(36(78)28(44)70)94-43-17(9-59)85-50(34(76)26(43)68)92-41-15(7-57)83-48(32(74)24(41)66)90-39-13(5-55)81-46(88-37)30(72)22(39)64;/h11-18,21-59,63-78H,1-10H2,(H,60,61);1H3/t11-,12-,13-,14-,15-,16-,17-,18-,21-,22-,23-,24-,25-,26-,27-,28-,29+,30-,31-,32-,33-,34-,35-,36-,37-,38-,39-,40-,41-,42-,43-,44-,45-,46-,47-,48-,49-,50-,51-,52-;/m1./s1. The summed E-state index contributed by atoms with van der Waals surface area (Å²) in [6.07, 6.45) is -86.2. The van der Waals surface area contributed by atoms with Gasteiger partial charge in [-0.25, -0.2) is 0 Å². The van der Waals surface area contributed by atoms with Crippen LogP contribution in [0.1, 0.15) is 12.8 Å². The molecule has 30 aliphatic rings. The Kier molecular flexibility index (Phi) is 28.1. The summed E-state index contributed by atoms with van der Waals surface area (Å²) >= 11 is 0. The zero-order valence-electron chi connectivity index (χ0n) is 50.6. The van der Waals surface area contributed by atoms with Crippen LogP contribution >= 0.6 is 0 Å². The van der Waals surface area contributed by atoms with Crippen molar-refractivity contribution < 1.29 is 213 Å². The van der Waals surface area contributed by atoms with Gasteiger partial charge in [0.15, 0.2) is 50.3 Å². The lowest BCUT2D eigenvalue weighted by molar-refractivity contribution is -0.404. The molecule has 30 saturated heterocycles. The molecule has 40 atom stereocenters. The van der Waals surface area contributed by atoms with Crippen LogP contribution in [0.3, 0.4) is 0 Å². The van der Waals surface area contributed by atoms with Gasteiger partial charge in [0.2, 0.25) is 0 Å². The summed E-state index contributed by atoms with van der Waals surface area (Å²) in [5, 5.41) is 268. The molecule has 30 fully saturated rings. The summed E-state index contributed by atoms with van der Waals surface area (Å²) in [7, 11) is 0. The Labute approximate surface area is 541 Å². The Morgan fingerprint density at radius 1 is 0.250 bits per heavy atom. The second kappa shape index (κ2) is 34.1. The van der Waals surface area contributed by atoms with E-state index in [-0.39, 0.29) is 6.15 Å². The first-order valence-corrected chi connectivity index (χ1v) is 30.1. The Morgan fingerprint density at radius 2 is 0.406 bits per heavy atom. The lowest BCUT2D eigenvalue weighted by Crippen LogP contribution is -2.69. The highest BCUT2D eigenvalue weighted by atomic mass is 16.8. The van der Waals surface area contributed by atoms with E-state index in [9.17, 15) is 132 Å². The number of carboxylic acid groups (broad SMARTS) is 1. The Balaban J connectivity index is 0.0000118. The third-order valence-corrected chi connectivity index (χ3v) is 17.7. The van der Waals surface area contributed by atoms with Gasteiger partial charge in [-0.3, -0.25) is 4.79 Å². The van der Waals surface area contributed by atoms with E-state index >= 15 is 0 Å². The number of aliphatic hydroxyl groups excluding tert-OH is 23. The van der Waals surface area contributed by atoms with Crippen molar-refractivity contribution in [1.29, 1.82) is 0 Å². The second-order valence-electron chi connectivity index (χ2n) is 23.8. The average Bonchev–Trinajstić information content (AvgIpc) is 0.780. The molecule has 0 amide bonds. The number of ether oxygens (including phenoxy) is 17. The van der Waals surface area contributed by atoms with Crippen molar-refractivity contribution in [3.8, 4) is 0 Å². The molecular formula is C52H87NO43. The number of esters is 1. The van der Waals surface area contributed by atoms with Crippen molar-refractivity contribution >= 4 is 11.9 Å². The quantitative estimate of drug-likeness (QED) is 0.0807. The maximum Gasteiger partial charge on any atom is 0.306 e. The van der Waals surface area contributed by atoms with Crippen LogP contribution in [0, 0.1) is 0 Å². The first kappa shape index (κ1) is 79.0. The summed E-state index contributed by atoms with van der Waals surface area (Å²) in [6, 6.07) is 0. The van der Waals surface area contributed by atoms with Gasteiger partial charge >= 0.3 is 5.97 Å². The van der Waals surface area contributed by atoms with Crippen molar-refractivity contribution in [3.63, 3.8) is 0 Å². The lowest BCUT2D eigenvalue weighted by Gasteiger charge is -2.50. The Hall–Kier alpha value is -2.66. The van der Waals surface area contributed by atoms with Gasteiger partial charge in [0.25, 0.3) is 0 Å². The largest absolute Gasteiger partial charge is 0.550 e. The summed E-state index contributed by atoms with van der Waals surface area (Å²) < 4.78 is 96.7. The Morgan fingerprint density at radius 3 is 0.562 bits per heavy atom. The monoisotopic (exact) mass is 1410 g/mol. The first-order chi connectivity index (χ1) is 45.1. The third-order valence-electron chi connectivity index (χ3n) is 17.7. The highest BCUT2D eigenvalue weighted by Gasteiger charge is 2.60. The molecule has 0 radical (unpaired) electrons. The molecule has 30 aliphatic heterocycles. The number of carbonyl (C=O) groups excluding carboxylic acids is 2. The minimum absolute atomic E-state index is 0. The minimum Gasteiger partial charge on any atom is -0.550 e. The summed E-state index contributed by atoms with van der Waals surface area (Å²) in [4.78, 5) is 23.8. The molecule has 96 heavy (non-hydrogen) atoms. The zero-order chi connectivity index (χ0) is 69.3. The van der Waals surface area contributed by atoms with Crippen molar-refractivity contribution in [2.24, 2.45) is 0 Å². The predicted octanol–water partition coefficient (Wildman–Crippen LogP) is -17.9. The molecule has 16 bridgehead atoms. The number of carboxylic acids is 1. The number of hydrogen-bond acceptors (Lipinski definition) is 43. The zero-order valence-corrected chi connectivity index (χ0v) is 50.6. The van der Waals surface area contributed by atoms with E-state index in [4.69, 9.17) is 80.5 Å². The molecule has 0 saturated carbocycles. The average molecular weight is 1410 g/mol. The molecule has 0 unspecified atom stereocenters. The van der Waals surface area contributed by atoms with Crippen molar-refractivity contribution in [2.45, 2.75) is 258 Å². The van der Waals surface area contributed by atoms with Crippen LogP contribution in [0.25, 0.3) is 0 Å². The second-order valence-corrected chi connectivity index (χ2v) is 23.8. The van der Waals surface area contributed by atoms with Crippen LogP contribution in [0.4, 0.5) is 0 Å². The fraction of sp³-hybridized carbons (Fsp3) is 0.962.